The molecule has 1 atom stereocenters. The lowest BCUT2D eigenvalue weighted by Crippen LogP contribution is -2.28. The van der Waals surface area contributed by atoms with Crippen LogP contribution in [0.15, 0.2) is 28.7 Å². The molecule has 0 aromatic heterocycles. The minimum absolute atomic E-state index is 0.0887. The van der Waals surface area contributed by atoms with Crippen molar-refractivity contribution < 1.29 is 4.74 Å². The molecule has 1 aromatic rings. The van der Waals surface area contributed by atoms with E-state index in [1.165, 1.54) is 5.56 Å². The predicted octanol–water partition coefficient (Wildman–Crippen LogP) is 2.75. The van der Waals surface area contributed by atoms with E-state index in [0.29, 0.717) is 6.61 Å². The highest BCUT2D eigenvalue weighted by molar-refractivity contribution is 9.10. The number of rotatable bonds is 6. The van der Waals surface area contributed by atoms with Crippen LogP contribution >= 0.6 is 15.9 Å². The number of benzene rings is 1. The van der Waals surface area contributed by atoms with E-state index in [2.05, 4.69) is 35.0 Å². The Hall–Kier alpha value is -0.380. The molecule has 0 saturated carbocycles. The zero-order chi connectivity index (χ0) is 11.1. The van der Waals surface area contributed by atoms with Gasteiger partial charge < -0.3 is 10.5 Å². The molecule has 2 N–H and O–H groups in total. The Kier molecular flexibility index (Phi) is 5.91. The number of hydrogen-bond acceptors (Lipinski definition) is 2. The van der Waals surface area contributed by atoms with Gasteiger partial charge in [0.25, 0.3) is 0 Å². The normalized spacial score (nSPS) is 12.7. The maximum atomic E-state index is 5.96. The van der Waals surface area contributed by atoms with Gasteiger partial charge in [-0.2, -0.15) is 0 Å². The summed E-state index contributed by atoms with van der Waals surface area (Å²) in [6.07, 6.45) is 1.91. The molecule has 0 aliphatic rings. The zero-order valence-corrected chi connectivity index (χ0v) is 10.7. The summed E-state index contributed by atoms with van der Waals surface area (Å²) in [6, 6.07) is 8.32. The first-order valence-corrected chi connectivity index (χ1v) is 6.09. The van der Waals surface area contributed by atoms with Crippen LogP contribution in [0.1, 0.15) is 18.9 Å². The monoisotopic (exact) mass is 271 g/mol. The molecular formula is C12H18BrNO. The number of ether oxygens (including phenoxy) is 1. The van der Waals surface area contributed by atoms with Crippen LogP contribution in [0.25, 0.3) is 0 Å². The molecule has 15 heavy (non-hydrogen) atoms. The summed E-state index contributed by atoms with van der Waals surface area (Å²) in [5.74, 6) is 0. The van der Waals surface area contributed by atoms with Gasteiger partial charge in [0.2, 0.25) is 0 Å². The molecule has 0 aliphatic heterocycles. The van der Waals surface area contributed by atoms with E-state index in [1.807, 2.05) is 12.1 Å². The van der Waals surface area contributed by atoms with Crippen LogP contribution in [0.3, 0.4) is 0 Å². The fourth-order valence-corrected chi connectivity index (χ4v) is 1.85. The molecule has 0 radical (unpaired) electrons. The predicted molar refractivity (Wildman–Crippen MR) is 66.9 cm³/mol. The molecular weight excluding hydrogens is 254 g/mol. The van der Waals surface area contributed by atoms with Gasteiger partial charge in [0.05, 0.1) is 6.61 Å². The number of hydrogen-bond donors (Lipinski definition) is 1. The van der Waals surface area contributed by atoms with E-state index in [9.17, 15) is 0 Å². The maximum Gasteiger partial charge on any atom is 0.0620 e. The van der Waals surface area contributed by atoms with Gasteiger partial charge >= 0.3 is 0 Å². The third-order valence-corrected chi connectivity index (χ3v) is 2.56. The summed E-state index contributed by atoms with van der Waals surface area (Å²) in [5, 5.41) is 0. The van der Waals surface area contributed by atoms with Gasteiger partial charge in [-0.1, -0.05) is 35.0 Å². The number of halogens is 1. The average molecular weight is 272 g/mol. The van der Waals surface area contributed by atoms with Crippen LogP contribution in [0, 0.1) is 0 Å². The Morgan fingerprint density at radius 2 is 2.27 bits per heavy atom. The summed E-state index contributed by atoms with van der Waals surface area (Å²) in [6.45, 7) is 3.53. The summed E-state index contributed by atoms with van der Waals surface area (Å²) in [5.41, 5.74) is 7.20. The van der Waals surface area contributed by atoms with E-state index in [4.69, 9.17) is 10.5 Å². The van der Waals surface area contributed by atoms with Crippen LogP contribution in [0.2, 0.25) is 0 Å². The van der Waals surface area contributed by atoms with Gasteiger partial charge in [-0.3, -0.25) is 0 Å². The maximum absolute atomic E-state index is 5.96. The lowest BCUT2D eigenvalue weighted by Gasteiger charge is -2.11. The first-order valence-electron chi connectivity index (χ1n) is 5.30. The first kappa shape index (κ1) is 12.7. The van der Waals surface area contributed by atoms with Crippen molar-refractivity contribution in [1.82, 2.24) is 0 Å². The lowest BCUT2D eigenvalue weighted by atomic mass is 10.1. The van der Waals surface area contributed by atoms with Crippen molar-refractivity contribution in [1.29, 1.82) is 0 Å². The van der Waals surface area contributed by atoms with Crippen molar-refractivity contribution in [3.05, 3.63) is 34.3 Å². The van der Waals surface area contributed by atoms with Crippen molar-refractivity contribution in [2.45, 2.75) is 25.8 Å². The fourth-order valence-electron chi connectivity index (χ4n) is 1.40. The Morgan fingerprint density at radius 1 is 1.47 bits per heavy atom. The fraction of sp³-hybridized carbons (Fsp3) is 0.500. The first-order chi connectivity index (χ1) is 7.22. The van der Waals surface area contributed by atoms with Crippen molar-refractivity contribution >= 4 is 15.9 Å². The molecule has 1 rings (SSSR count). The summed E-state index contributed by atoms with van der Waals surface area (Å²) >= 11 is 3.44. The molecule has 2 nitrogen and oxygen atoms in total. The third-order valence-electron chi connectivity index (χ3n) is 2.07. The highest BCUT2D eigenvalue weighted by Crippen LogP contribution is 2.12. The average Bonchev–Trinajstić information content (AvgIpc) is 2.18. The van der Waals surface area contributed by atoms with Gasteiger partial charge in [0.1, 0.15) is 0 Å². The van der Waals surface area contributed by atoms with Crippen molar-refractivity contribution in [2.24, 2.45) is 5.73 Å². The molecule has 1 aromatic carbocycles. The van der Waals surface area contributed by atoms with Crippen LogP contribution in [0.5, 0.6) is 0 Å². The molecule has 0 fully saturated rings. The molecule has 0 heterocycles. The topological polar surface area (TPSA) is 35.2 Å². The third kappa shape index (κ3) is 5.30. The molecule has 0 saturated heterocycles. The highest BCUT2D eigenvalue weighted by Gasteiger charge is 2.04. The highest BCUT2D eigenvalue weighted by atomic mass is 79.9. The van der Waals surface area contributed by atoms with E-state index < -0.39 is 0 Å². The van der Waals surface area contributed by atoms with Crippen LogP contribution in [-0.4, -0.2) is 19.3 Å². The molecule has 0 amide bonds. The minimum Gasteiger partial charge on any atom is -0.380 e. The number of nitrogens with two attached hydrogens (primary N) is 1. The second-order valence-electron chi connectivity index (χ2n) is 3.67. The van der Waals surface area contributed by atoms with Crippen LogP contribution in [-0.2, 0) is 11.2 Å². The van der Waals surface area contributed by atoms with Gasteiger partial charge in [0, 0.05) is 17.1 Å². The zero-order valence-electron chi connectivity index (χ0n) is 9.08. The molecule has 0 bridgehead atoms. The second kappa shape index (κ2) is 6.99. The minimum atomic E-state index is 0.0887. The van der Waals surface area contributed by atoms with Gasteiger partial charge in [0.15, 0.2) is 0 Å². The SMILES string of the molecule is CCCOC[C@@H](N)Cc1cccc(Br)c1. The van der Waals surface area contributed by atoms with Gasteiger partial charge in [-0.05, 0) is 30.5 Å². The van der Waals surface area contributed by atoms with E-state index in [0.717, 1.165) is 23.9 Å². The van der Waals surface area contributed by atoms with Gasteiger partial charge in [-0.15, -0.1) is 0 Å². The summed E-state index contributed by atoms with van der Waals surface area (Å²) < 4.78 is 6.51. The van der Waals surface area contributed by atoms with Crippen molar-refractivity contribution in [2.75, 3.05) is 13.2 Å². The van der Waals surface area contributed by atoms with E-state index in [-0.39, 0.29) is 6.04 Å². The standard InChI is InChI=1S/C12H18BrNO/c1-2-6-15-9-12(14)8-10-4-3-5-11(13)7-10/h3-5,7,12H,2,6,8-9,14H2,1H3/t12-/m0/s1. The van der Waals surface area contributed by atoms with Crippen molar-refractivity contribution in [3.8, 4) is 0 Å². The Balaban J connectivity index is 2.34. The van der Waals surface area contributed by atoms with Crippen LogP contribution in [0.4, 0.5) is 0 Å². The smallest absolute Gasteiger partial charge is 0.0620 e. The molecule has 0 spiro atoms. The summed E-state index contributed by atoms with van der Waals surface area (Å²) in [4.78, 5) is 0. The largest absolute Gasteiger partial charge is 0.380 e. The molecule has 84 valence electrons. The quantitative estimate of drug-likeness (QED) is 0.808. The molecule has 0 aliphatic carbocycles. The molecule has 0 unspecified atom stereocenters. The molecule has 3 heteroatoms. The Labute approximate surface area is 99.9 Å². The summed E-state index contributed by atoms with van der Waals surface area (Å²) in [7, 11) is 0. The lowest BCUT2D eigenvalue weighted by molar-refractivity contribution is 0.121. The Bertz CT molecular complexity index is 291. The van der Waals surface area contributed by atoms with E-state index in [1.54, 1.807) is 0 Å². The van der Waals surface area contributed by atoms with Crippen molar-refractivity contribution in [3.63, 3.8) is 0 Å². The van der Waals surface area contributed by atoms with Gasteiger partial charge in [-0.25, -0.2) is 0 Å². The second-order valence-corrected chi connectivity index (χ2v) is 4.58. The Morgan fingerprint density at radius 3 is 2.93 bits per heavy atom. The van der Waals surface area contributed by atoms with E-state index >= 15 is 0 Å². The van der Waals surface area contributed by atoms with Crippen LogP contribution < -0.4 is 5.73 Å².